The van der Waals surface area contributed by atoms with E-state index in [9.17, 15) is 4.79 Å². The van der Waals surface area contributed by atoms with Crippen LogP contribution in [-0.4, -0.2) is 19.1 Å². The maximum absolute atomic E-state index is 11.0. The molecule has 3 nitrogen and oxygen atoms in total. The first kappa shape index (κ1) is 8.53. The SMILES string of the molecule is CCC1(C(N)C(=O)OC)CC1. The van der Waals surface area contributed by atoms with Crippen molar-refractivity contribution in [2.75, 3.05) is 7.11 Å². The molecule has 0 aromatic rings. The van der Waals surface area contributed by atoms with E-state index in [2.05, 4.69) is 11.7 Å². The van der Waals surface area contributed by atoms with Crippen molar-refractivity contribution in [3.8, 4) is 0 Å². The molecule has 1 fully saturated rings. The van der Waals surface area contributed by atoms with Gasteiger partial charge >= 0.3 is 5.97 Å². The summed E-state index contributed by atoms with van der Waals surface area (Å²) in [6.45, 7) is 2.07. The first-order chi connectivity index (χ1) is 5.16. The molecule has 0 amide bonds. The van der Waals surface area contributed by atoms with E-state index in [-0.39, 0.29) is 11.4 Å². The lowest BCUT2D eigenvalue weighted by atomic mass is 9.94. The summed E-state index contributed by atoms with van der Waals surface area (Å²) in [4.78, 5) is 11.0. The Morgan fingerprint density at radius 1 is 1.73 bits per heavy atom. The molecule has 64 valence electrons. The average molecular weight is 157 g/mol. The summed E-state index contributed by atoms with van der Waals surface area (Å²) in [6, 6.07) is -0.405. The van der Waals surface area contributed by atoms with Gasteiger partial charge in [0.1, 0.15) is 6.04 Å². The van der Waals surface area contributed by atoms with Gasteiger partial charge in [0, 0.05) is 0 Å². The monoisotopic (exact) mass is 157 g/mol. The third-order valence-electron chi connectivity index (χ3n) is 2.71. The molecule has 2 N–H and O–H groups in total. The molecule has 1 atom stereocenters. The van der Waals surface area contributed by atoms with E-state index in [0.29, 0.717) is 0 Å². The molecule has 0 bridgehead atoms. The number of methoxy groups -OCH3 is 1. The average Bonchev–Trinajstić information content (AvgIpc) is 2.82. The van der Waals surface area contributed by atoms with Crippen LogP contribution >= 0.6 is 0 Å². The second-order valence-corrected chi connectivity index (χ2v) is 3.22. The molecule has 1 aliphatic rings. The predicted molar refractivity (Wildman–Crippen MR) is 41.9 cm³/mol. The van der Waals surface area contributed by atoms with E-state index in [4.69, 9.17) is 5.73 Å². The van der Waals surface area contributed by atoms with Crippen LogP contribution < -0.4 is 5.73 Å². The fraction of sp³-hybridized carbons (Fsp3) is 0.875. The van der Waals surface area contributed by atoms with Crippen molar-refractivity contribution in [2.24, 2.45) is 11.1 Å². The second kappa shape index (κ2) is 2.81. The van der Waals surface area contributed by atoms with E-state index < -0.39 is 6.04 Å². The lowest BCUT2D eigenvalue weighted by Gasteiger charge is -2.18. The van der Waals surface area contributed by atoms with Gasteiger partial charge < -0.3 is 10.5 Å². The summed E-state index contributed by atoms with van der Waals surface area (Å²) < 4.78 is 4.58. The van der Waals surface area contributed by atoms with E-state index >= 15 is 0 Å². The summed E-state index contributed by atoms with van der Waals surface area (Å²) >= 11 is 0. The zero-order valence-corrected chi connectivity index (χ0v) is 7.09. The van der Waals surface area contributed by atoms with Gasteiger partial charge in [-0.1, -0.05) is 6.92 Å². The quantitative estimate of drug-likeness (QED) is 0.613. The van der Waals surface area contributed by atoms with Gasteiger partial charge in [-0.2, -0.15) is 0 Å². The summed E-state index contributed by atoms with van der Waals surface area (Å²) in [5, 5.41) is 0. The highest BCUT2D eigenvalue weighted by Crippen LogP contribution is 2.51. The number of hydrogen-bond donors (Lipinski definition) is 1. The van der Waals surface area contributed by atoms with Crippen LogP contribution in [0.2, 0.25) is 0 Å². The zero-order chi connectivity index (χ0) is 8.48. The molecule has 0 heterocycles. The molecule has 11 heavy (non-hydrogen) atoms. The minimum Gasteiger partial charge on any atom is -0.468 e. The highest BCUT2D eigenvalue weighted by Gasteiger charge is 2.49. The van der Waals surface area contributed by atoms with Gasteiger partial charge in [-0.05, 0) is 24.7 Å². The Kier molecular flexibility index (Phi) is 2.18. The molecule has 0 aromatic heterocycles. The van der Waals surface area contributed by atoms with Gasteiger partial charge in [-0.3, -0.25) is 4.79 Å². The smallest absolute Gasteiger partial charge is 0.323 e. The number of hydrogen-bond acceptors (Lipinski definition) is 3. The van der Waals surface area contributed by atoms with Gasteiger partial charge in [0.05, 0.1) is 7.11 Å². The molecule has 1 unspecified atom stereocenters. The van der Waals surface area contributed by atoms with Crippen molar-refractivity contribution in [3.05, 3.63) is 0 Å². The van der Waals surface area contributed by atoms with E-state index in [1.807, 2.05) is 0 Å². The number of rotatable bonds is 3. The molecular weight excluding hydrogens is 142 g/mol. The lowest BCUT2D eigenvalue weighted by Crippen LogP contribution is -2.40. The fourth-order valence-corrected chi connectivity index (χ4v) is 1.42. The van der Waals surface area contributed by atoms with Crippen molar-refractivity contribution >= 4 is 5.97 Å². The Bertz CT molecular complexity index is 163. The summed E-state index contributed by atoms with van der Waals surface area (Å²) in [7, 11) is 1.38. The number of carbonyl (C=O) groups is 1. The maximum Gasteiger partial charge on any atom is 0.323 e. The highest BCUT2D eigenvalue weighted by atomic mass is 16.5. The third-order valence-corrected chi connectivity index (χ3v) is 2.71. The third kappa shape index (κ3) is 1.38. The zero-order valence-electron chi connectivity index (χ0n) is 7.09. The number of nitrogens with two attached hydrogens (primary N) is 1. The van der Waals surface area contributed by atoms with Crippen LogP contribution in [0, 0.1) is 5.41 Å². The van der Waals surface area contributed by atoms with Crippen molar-refractivity contribution in [3.63, 3.8) is 0 Å². The van der Waals surface area contributed by atoms with Crippen LogP contribution in [0.5, 0.6) is 0 Å². The Morgan fingerprint density at radius 2 is 2.27 bits per heavy atom. The van der Waals surface area contributed by atoms with Gasteiger partial charge in [-0.15, -0.1) is 0 Å². The molecule has 1 saturated carbocycles. The Morgan fingerprint density at radius 3 is 2.55 bits per heavy atom. The molecular formula is C8H15NO2. The maximum atomic E-state index is 11.0. The van der Waals surface area contributed by atoms with Gasteiger partial charge in [-0.25, -0.2) is 0 Å². The highest BCUT2D eigenvalue weighted by molar-refractivity contribution is 5.77. The van der Waals surface area contributed by atoms with Gasteiger partial charge in [0.15, 0.2) is 0 Å². The van der Waals surface area contributed by atoms with E-state index in [1.165, 1.54) is 7.11 Å². The van der Waals surface area contributed by atoms with Crippen LogP contribution in [-0.2, 0) is 9.53 Å². The van der Waals surface area contributed by atoms with Crippen LogP contribution in [0.4, 0.5) is 0 Å². The first-order valence-electron chi connectivity index (χ1n) is 3.99. The molecule has 1 aliphatic carbocycles. The van der Waals surface area contributed by atoms with Gasteiger partial charge in [0.2, 0.25) is 0 Å². The van der Waals surface area contributed by atoms with E-state index in [1.54, 1.807) is 0 Å². The Hall–Kier alpha value is -0.570. The van der Waals surface area contributed by atoms with Crippen molar-refractivity contribution < 1.29 is 9.53 Å². The van der Waals surface area contributed by atoms with Gasteiger partial charge in [0.25, 0.3) is 0 Å². The van der Waals surface area contributed by atoms with Crippen LogP contribution in [0.15, 0.2) is 0 Å². The molecule has 0 aliphatic heterocycles. The number of esters is 1. The summed E-state index contributed by atoms with van der Waals surface area (Å²) in [6.07, 6.45) is 3.11. The minimum atomic E-state index is -0.405. The molecule has 0 spiro atoms. The number of ether oxygens (including phenoxy) is 1. The molecule has 1 rings (SSSR count). The minimum absolute atomic E-state index is 0.0765. The standard InChI is InChI=1S/C8H15NO2/c1-3-8(4-5-8)6(9)7(10)11-2/h6H,3-5,9H2,1-2H3. The topological polar surface area (TPSA) is 52.3 Å². The van der Waals surface area contributed by atoms with Crippen LogP contribution in [0.1, 0.15) is 26.2 Å². The lowest BCUT2D eigenvalue weighted by molar-refractivity contribution is -0.144. The summed E-state index contributed by atoms with van der Waals surface area (Å²) in [5.41, 5.74) is 5.78. The molecule has 3 heteroatoms. The fourth-order valence-electron chi connectivity index (χ4n) is 1.42. The van der Waals surface area contributed by atoms with Crippen molar-refractivity contribution in [1.82, 2.24) is 0 Å². The number of carbonyl (C=O) groups excluding carboxylic acids is 1. The molecule has 0 saturated heterocycles. The van der Waals surface area contributed by atoms with E-state index in [0.717, 1.165) is 19.3 Å². The largest absolute Gasteiger partial charge is 0.468 e. The van der Waals surface area contributed by atoms with Crippen LogP contribution in [0.25, 0.3) is 0 Å². The second-order valence-electron chi connectivity index (χ2n) is 3.22. The van der Waals surface area contributed by atoms with Crippen molar-refractivity contribution in [1.29, 1.82) is 0 Å². The summed E-state index contributed by atoms with van der Waals surface area (Å²) in [5.74, 6) is -0.274. The van der Waals surface area contributed by atoms with Crippen LogP contribution in [0.3, 0.4) is 0 Å². The normalized spacial score (nSPS) is 22.5. The Balaban J connectivity index is 2.53. The first-order valence-corrected chi connectivity index (χ1v) is 3.99. The molecule has 0 radical (unpaired) electrons. The predicted octanol–water partition coefficient (Wildman–Crippen LogP) is 0.677. The Labute approximate surface area is 66.9 Å². The molecule has 0 aromatic carbocycles. The van der Waals surface area contributed by atoms with Crippen molar-refractivity contribution in [2.45, 2.75) is 32.2 Å².